The molecule has 4 aromatic rings. The number of carbonyl (C=O) groups excluding carboxylic acids is 1. The topological polar surface area (TPSA) is 94.3 Å². The lowest BCUT2D eigenvalue weighted by Crippen LogP contribution is -2.17. The number of anilines is 1. The predicted octanol–water partition coefficient (Wildman–Crippen LogP) is 3.82. The van der Waals surface area contributed by atoms with Crippen molar-refractivity contribution >= 4 is 29.0 Å². The molecule has 0 saturated carbocycles. The standard InChI is InChI=1S/C19H13F3N6O2S/c20-19(21,22)30-13-6-4-12(5-7-13)24-17(29)11-31-18-26-25-16-9-8-15(27-28(16)18)14-3-1-2-10-23-14/h1-10H,11H2,(H,24,29). The number of halogens is 3. The minimum atomic E-state index is -4.77. The summed E-state index contributed by atoms with van der Waals surface area (Å²) in [6.07, 6.45) is -3.11. The Morgan fingerprint density at radius 3 is 2.55 bits per heavy atom. The number of fused-ring (bicyclic) bond motifs is 1. The Bertz CT molecular complexity index is 1200. The van der Waals surface area contributed by atoms with E-state index in [0.717, 1.165) is 23.9 Å². The lowest BCUT2D eigenvalue weighted by atomic mass is 10.2. The molecule has 0 fully saturated rings. The summed E-state index contributed by atoms with van der Waals surface area (Å²) in [5.41, 5.74) is 2.16. The molecule has 4 rings (SSSR count). The van der Waals surface area contributed by atoms with Crippen LogP contribution >= 0.6 is 11.8 Å². The average Bonchev–Trinajstić information content (AvgIpc) is 3.15. The van der Waals surface area contributed by atoms with Crippen molar-refractivity contribution in [3.05, 3.63) is 60.8 Å². The van der Waals surface area contributed by atoms with Gasteiger partial charge in [-0.05, 0) is 48.5 Å². The maximum absolute atomic E-state index is 12.2. The number of hydrogen-bond acceptors (Lipinski definition) is 7. The first kappa shape index (κ1) is 20.6. The SMILES string of the molecule is O=C(CSc1nnc2ccc(-c3ccccn3)nn12)Nc1ccc(OC(F)(F)F)cc1. The number of carbonyl (C=O) groups is 1. The maximum Gasteiger partial charge on any atom is 0.573 e. The fraction of sp³-hybridized carbons (Fsp3) is 0.105. The van der Waals surface area contributed by atoms with Crippen molar-refractivity contribution in [2.45, 2.75) is 11.5 Å². The second-order valence-corrected chi connectivity index (χ2v) is 7.04. The third kappa shape index (κ3) is 5.28. The monoisotopic (exact) mass is 446 g/mol. The van der Waals surface area contributed by atoms with Gasteiger partial charge >= 0.3 is 6.36 Å². The lowest BCUT2D eigenvalue weighted by molar-refractivity contribution is -0.274. The van der Waals surface area contributed by atoms with Crippen molar-refractivity contribution in [1.82, 2.24) is 24.8 Å². The zero-order valence-corrected chi connectivity index (χ0v) is 16.4. The zero-order valence-electron chi connectivity index (χ0n) is 15.6. The minimum Gasteiger partial charge on any atom is -0.406 e. The number of aromatic nitrogens is 5. The molecule has 1 N–H and O–H groups in total. The Balaban J connectivity index is 1.40. The van der Waals surface area contributed by atoms with Gasteiger partial charge in [0, 0.05) is 11.9 Å². The smallest absolute Gasteiger partial charge is 0.406 e. The van der Waals surface area contributed by atoms with E-state index in [2.05, 4.69) is 30.3 Å². The molecule has 1 aromatic carbocycles. The van der Waals surface area contributed by atoms with Gasteiger partial charge in [0.15, 0.2) is 5.65 Å². The molecule has 0 radical (unpaired) electrons. The highest BCUT2D eigenvalue weighted by molar-refractivity contribution is 7.99. The van der Waals surface area contributed by atoms with Crippen LogP contribution in [0.25, 0.3) is 17.0 Å². The van der Waals surface area contributed by atoms with Crippen LogP contribution in [0.3, 0.4) is 0 Å². The molecule has 0 unspecified atom stereocenters. The van der Waals surface area contributed by atoms with Crippen LogP contribution < -0.4 is 10.1 Å². The number of nitrogens with one attached hydrogen (secondary N) is 1. The van der Waals surface area contributed by atoms with Crippen LogP contribution in [0.1, 0.15) is 0 Å². The highest BCUT2D eigenvalue weighted by Crippen LogP contribution is 2.24. The third-order valence-corrected chi connectivity index (χ3v) is 4.78. The summed E-state index contributed by atoms with van der Waals surface area (Å²) in [6.45, 7) is 0. The van der Waals surface area contributed by atoms with Gasteiger partial charge in [0.1, 0.15) is 11.4 Å². The van der Waals surface area contributed by atoms with Crippen LogP contribution in [0.15, 0.2) is 66.0 Å². The van der Waals surface area contributed by atoms with E-state index in [4.69, 9.17) is 0 Å². The van der Waals surface area contributed by atoms with Crippen LogP contribution in [-0.2, 0) is 4.79 Å². The third-order valence-electron chi connectivity index (χ3n) is 3.87. The quantitative estimate of drug-likeness (QED) is 0.450. The summed E-state index contributed by atoms with van der Waals surface area (Å²) in [7, 11) is 0. The van der Waals surface area contributed by atoms with Crippen LogP contribution in [0.4, 0.5) is 18.9 Å². The number of amides is 1. The Morgan fingerprint density at radius 1 is 1.03 bits per heavy atom. The molecule has 3 heterocycles. The Morgan fingerprint density at radius 2 is 1.84 bits per heavy atom. The first-order valence-electron chi connectivity index (χ1n) is 8.80. The molecule has 1 amide bonds. The van der Waals surface area contributed by atoms with Crippen molar-refractivity contribution in [3.63, 3.8) is 0 Å². The van der Waals surface area contributed by atoms with E-state index in [-0.39, 0.29) is 17.4 Å². The molecule has 0 spiro atoms. The number of ether oxygens (including phenoxy) is 1. The van der Waals surface area contributed by atoms with E-state index in [1.165, 1.54) is 16.6 Å². The van der Waals surface area contributed by atoms with Gasteiger partial charge in [-0.1, -0.05) is 17.8 Å². The molecule has 158 valence electrons. The van der Waals surface area contributed by atoms with Crippen molar-refractivity contribution in [2.24, 2.45) is 0 Å². The molecule has 0 bridgehead atoms. The molecule has 3 aromatic heterocycles. The number of nitrogens with zero attached hydrogens (tertiary/aromatic N) is 5. The molecule has 0 aliphatic heterocycles. The molecular weight excluding hydrogens is 433 g/mol. The summed E-state index contributed by atoms with van der Waals surface area (Å²) in [4.78, 5) is 16.5. The number of thioether (sulfide) groups is 1. The summed E-state index contributed by atoms with van der Waals surface area (Å²) >= 11 is 1.12. The molecule has 31 heavy (non-hydrogen) atoms. The first-order valence-corrected chi connectivity index (χ1v) is 9.78. The number of pyridine rings is 1. The van der Waals surface area contributed by atoms with E-state index in [1.807, 2.05) is 12.1 Å². The van der Waals surface area contributed by atoms with E-state index >= 15 is 0 Å². The normalized spacial score (nSPS) is 11.5. The fourth-order valence-corrected chi connectivity index (χ4v) is 3.26. The highest BCUT2D eigenvalue weighted by Gasteiger charge is 2.30. The fourth-order valence-electron chi connectivity index (χ4n) is 2.58. The van der Waals surface area contributed by atoms with Gasteiger partial charge in [-0.15, -0.1) is 23.4 Å². The van der Waals surface area contributed by atoms with E-state index in [1.54, 1.807) is 24.4 Å². The number of alkyl halides is 3. The minimum absolute atomic E-state index is 0.00289. The van der Waals surface area contributed by atoms with Gasteiger partial charge in [0.2, 0.25) is 11.1 Å². The van der Waals surface area contributed by atoms with Crippen LogP contribution in [0, 0.1) is 0 Å². The molecule has 0 aliphatic carbocycles. The summed E-state index contributed by atoms with van der Waals surface area (Å²) < 4.78 is 41.9. The molecule has 0 atom stereocenters. The Kier molecular flexibility index (Phi) is 5.71. The maximum atomic E-state index is 12.2. The zero-order chi connectivity index (χ0) is 21.8. The van der Waals surface area contributed by atoms with Gasteiger partial charge in [-0.25, -0.2) is 0 Å². The second-order valence-electron chi connectivity index (χ2n) is 6.10. The number of benzene rings is 1. The summed E-state index contributed by atoms with van der Waals surface area (Å²) in [6, 6.07) is 13.9. The van der Waals surface area contributed by atoms with Crippen molar-refractivity contribution in [1.29, 1.82) is 0 Å². The second kappa shape index (κ2) is 8.60. The molecular formula is C19H13F3N6O2S. The van der Waals surface area contributed by atoms with Crippen molar-refractivity contribution in [3.8, 4) is 17.1 Å². The summed E-state index contributed by atoms with van der Waals surface area (Å²) in [5.74, 6) is -0.742. The Hall–Kier alpha value is -3.67. The molecule has 0 aliphatic rings. The highest BCUT2D eigenvalue weighted by atomic mass is 32.2. The Labute approximate surface area is 177 Å². The van der Waals surface area contributed by atoms with Gasteiger partial charge in [-0.3, -0.25) is 9.78 Å². The first-order chi connectivity index (χ1) is 14.9. The van der Waals surface area contributed by atoms with Crippen LogP contribution in [-0.4, -0.2) is 42.8 Å². The van der Waals surface area contributed by atoms with Gasteiger partial charge in [0.05, 0.1) is 11.4 Å². The van der Waals surface area contributed by atoms with E-state index in [0.29, 0.717) is 27.9 Å². The molecule has 12 heteroatoms. The summed E-state index contributed by atoms with van der Waals surface area (Å²) in [5, 5.41) is 15.6. The lowest BCUT2D eigenvalue weighted by Gasteiger charge is -2.09. The number of rotatable bonds is 6. The van der Waals surface area contributed by atoms with Gasteiger partial charge < -0.3 is 10.1 Å². The molecule has 8 nitrogen and oxygen atoms in total. The van der Waals surface area contributed by atoms with Gasteiger partial charge in [0.25, 0.3) is 0 Å². The van der Waals surface area contributed by atoms with Crippen molar-refractivity contribution < 1.29 is 22.7 Å². The molecule has 0 saturated heterocycles. The largest absolute Gasteiger partial charge is 0.573 e. The van der Waals surface area contributed by atoms with Crippen LogP contribution in [0.5, 0.6) is 5.75 Å². The van der Waals surface area contributed by atoms with E-state index < -0.39 is 6.36 Å². The van der Waals surface area contributed by atoms with Gasteiger partial charge in [-0.2, -0.15) is 9.61 Å². The van der Waals surface area contributed by atoms with Crippen LogP contribution in [0.2, 0.25) is 0 Å². The van der Waals surface area contributed by atoms with Crippen molar-refractivity contribution in [2.75, 3.05) is 11.1 Å². The predicted molar refractivity (Wildman–Crippen MR) is 106 cm³/mol. The van der Waals surface area contributed by atoms with E-state index in [9.17, 15) is 18.0 Å². The average molecular weight is 446 g/mol. The number of hydrogen-bond donors (Lipinski definition) is 1.